The largest absolute Gasteiger partial charge is 0.439 e. The Balaban J connectivity index is 2.11. The van der Waals surface area contributed by atoms with Gasteiger partial charge in [-0.1, -0.05) is 44.2 Å². The molecule has 0 aliphatic carbocycles. The van der Waals surface area contributed by atoms with Crippen LogP contribution in [0.1, 0.15) is 45.3 Å². The fourth-order valence-corrected chi connectivity index (χ4v) is 2.52. The fraction of sp³-hybridized carbons (Fsp3) is 0.444. The second-order valence-electron chi connectivity index (χ2n) is 5.48. The first kappa shape index (κ1) is 16.1. The van der Waals surface area contributed by atoms with E-state index in [0.29, 0.717) is 6.42 Å². The third kappa shape index (κ3) is 3.30. The highest BCUT2D eigenvalue weighted by Crippen LogP contribution is 2.33. The molecule has 1 aromatic carbocycles. The molecule has 1 heterocycles. The zero-order valence-corrected chi connectivity index (χ0v) is 13.2. The van der Waals surface area contributed by atoms with Gasteiger partial charge in [0, 0.05) is 18.8 Å². The van der Waals surface area contributed by atoms with E-state index in [1.54, 1.807) is 6.92 Å². The first-order valence-electron chi connectivity index (χ1n) is 7.60. The Labute approximate surface area is 131 Å². The second kappa shape index (κ2) is 7.13. The number of ether oxygens (including phenoxy) is 1. The molecule has 1 aromatic rings. The SMILES string of the molecule is CCC#CC[C@H](C)C(=O)N1C(=O)O[C@@H](c2ccccc2)[C@H]1C. The van der Waals surface area contributed by atoms with Gasteiger partial charge in [0.1, 0.15) is 6.10 Å². The molecule has 4 nitrogen and oxygen atoms in total. The number of amides is 2. The summed E-state index contributed by atoms with van der Waals surface area (Å²) >= 11 is 0. The molecule has 0 saturated carbocycles. The van der Waals surface area contributed by atoms with Crippen molar-refractivity contribution in [3.63, 3.8) is 0 Å². The summed E-state index contributed by atoms with van der Waals surface area (Å²) in [5.74, 6) is 5.37. The van der Waals surface area contributed by atoms with Crippen LogP contribution in [-0.2, 0) is 9.53 Å². The zero-order valence-electron chi connectivity index (χ0n) is 13.2. The van der Waals surface area contributed by atoms with E-state index in [1.807, 2.05) is 44.2 Å². The number of nitrogens with zero attached hydrogens (tertiary/aromatic N) is 1. The average Bonchev–Trinajstić information content (AvgIpc) is 2.82. The minimum absolute atomic E-state index is 0.221. The Morgan fingerprint density at radius 2 is 2.00 bits per heavy atom. The lowest BCUT2D eigenvalue weighted by Gasteiger charge is -2.21. The van der Waals surface area contributed by atoms with Crippen LogP contribution in [0.2, 0.25) is 0 Å². The van der Waals surface area contributed by atoms with Crippen LogP contribution in [-0.4, -0.2) is 22.9 Å². The Kier molecular flexibility index (Phi) is 5.21. The van der Waals surface area contributed by atoms with Crippen molar-refractivity contribution in [3.05, 3.63) is 35.9 Å². The summed E-state index contributed by atoms with van der Waals surface area (Å²) in [6, 6.07) is 9.18. The number of carbonyl (C=O) groups excluding carboxylic acids is 2. The van der Waals surface area contributed by atoms with Gasteiger partial charge in [-0.15, -0.1) is 11.8 Å². The molecule has 3 atom stereocenters. The monoisotopic (exact) mass is 299 g/mol. The predicted octanol–water partition coefficient (Wildman–Crippen LogP) is 3.53. The molecule has 4 heteroatoms. The van der Waals surface area contributed by atoms with E-state index < -0.39 is 12.2 Å². The van der Waals surface area contributed by atoms with Crippen molar-refractivity contribution in [3.8, 4) is 11.8 Å². The number of benzene rings is 1. The van der Waals surface area contributed by atoms with Gasteiger partial charge >= 0.3 is 6.09 Å². The minimum atomic E-state index is -0.568. The molecule has 1 aliphatic rings. The zero-order chi connectivity index (χ0) is 16.1. The van der Waals surface area contributed by atoms with Crippen molar-refractivity contribution in [2.24, 2.45) is 5.92 Å². The number of imide groups is 1. The molecule has 2 rings (SSSR count). The lowest BCUT2D eigenvalue weighted by molar-refractivity contribution is -0.132. The quantitative estimate of drug-likeness (QED) is 0.802. The molecule has 0 spiro atoms. The number of carbonyl (C=O) groups is 2. The molecule has 1 saturated heterocycles. The highest BCUT2D eigenvalue weighted by atomic mass is 16.6. The molecule has 0 unspecified atom stereocenters. The number of hydrogen-bond donors (Lipinski definition) is 0. The average molecular weight is 299 g/mol. The van der Waals surface area contributed by atoms with Gasteiger partial charge < -0.3 is 4.74 Å². The van der Waals surface area contributed by atoms with E-state index in [9.17, 15) is 9.59 Å². The molecule has 2 amide bonds. The molecule has 0 bridgehead atoms. The van der Waals surface area contributed by atoms with Crippen molar-refractivity contribution >= 4 is 12.0 Å². The normalized spacial score (nSPS) is 21.8. The van der Waals surface area contributed by atoms with Crippen LogP contribution in [0.3, 0.4) is 0 Å². The summed E-state index contributed by atoms with van der Waals surface area (Å²) in [7, 11) is 0. The summed E-state index contributed by atoms with van der Waals surface area (Å²) < 4.78 is 5.40. The first-order chi connectivity index (χ1) is 10.6. The minimum Gasteiger partial charge on any atom is -0.439 e. The van der Waals surface area contributed by atoms with E-state index >= 15 is 0 Å². The van der Waals surface area contributed by atoms with Gasteiger partial charge in [-0.3, -0.25) is 4.79 Å². The Hall–Kier alpha value is -2.28. The lowest BCUT2D eigenvalue weighted by Crippen LogP contribution is -2.40. The van der Waals surface area contributed by atoms with E-state index in [1.165, 1.54) is 4.90 Å². The van der Waals surface area contributed by atoms with Gasteiger partial charge in [0.05, 0.1) is 6.04 Å². The topological polar surface area (TPSA) is 46.6 Å². The standard InChI is InChI=1S/C18H21NO3/c1-4-5-7-10-13(2)17(20)19-14(3)16(22-18(19)21)15-11-8-6-9-12-15/h6,8-9,11-14,16H,4,10H2,1-3H3/t13-,14+,16+/m0/s1. The number of cyclic esters (lactones) is 1. The molecule has 1 aliphatic heterocycles. The third-order valence-corrected chi connectivity index (χ3v) is 3.77. The summed E-state index contributed by atoms with van der Waals surface area (Å²) in [5, 5.41) is 0. The van der Waals surface area contributed by atoms with Gasteiger partial charge in [-0.05, 0) is 12.5 Å². The summed E-state index contributed by atoms with van der Waals surface area (Å²) in [4.78, 5) is 25.8. The van der Waals surface area contributed by atoms with E-state index in [-0.39, 0.29) is 17.9 Å². The maximum Gasteiger partial charge on any atom is 0.417 e. The first-order valence-corrected chi connectivity index (χ1v) is 7.60. The second-order valence-corrected chi connectivity index (χ2v) is 5.48. The maximum atomic E-state index is 12.5. The molecule has 116 valence electrons. The molecular weight excluding hydrogens is 278 g/mol. The fourth-order valence-electron chi connectivity index (χ4n) is 2.52. The summed E-state index contributed by atoms with van der Waals surface area (Å²) in [6.07, 6.45) is 0.242. The predicted molar refractivity (Wildman–Crippen MR) is 83.8 cm³/mol. The van der Waals surface area contributed by atoms with Crippen molar-refractivity contribution in [2.75, 3.05) is 0 Å². The molecule has 0 aromatic heterocycles. The van der Waals surface area contributed by atoms with Gasteiger partial charge in [-0.2, -0.15) is 0 Å². The van der Waals surface area contributed by atoms with Gasteiger partial charge in [0.2, 0.25) is 5.91 Å². The lowest BCUT2D eigenvalue weighted by atomic mass is 10.0. The van der Waals surface area contributed by atoms with Crippen LogP contribution in [0.25, 0.3) is 0 Å². The van der Waals surface area contributed by atoms with Crippen LogP contribution in [0.4, 0.5) is 4.79 Å². The van der Waals surface area contributed by atoms with E-state index in [4.69, 9.17) is 4.74 Å². The summed E-state index contributed by atoms with van der Waals surface area (Å²) in [5.41, 5.74) is 0.900. The van der Waals surface area contributed by atoms with Crippen molar-refractivity contribution < 1.29 is 14.3 Å². The third-order valence-electron chi connectivity index (χ3n) is 3.77. The van der Waals surface area contributed by atoms with Crippen molar-refractivity contribution in [2.45, 2.75) is 45.8 Å². The van der Waals surface area contributed by atoms with Gasteiger partial charge in [-0.25, -0.2) is 9.69 Å². The Bertz CT molecular complexity index is 600. The van der Waals surface area contributed by atoms with E-state index in [0.717, 1.165) is 12.0 Å². The Morgan fingerprint density at radius 3 is 2.64 bits per heavy atom. The van der Waals surface area contributed by atoms with Crippen molar-refractivity contribution in [1.82, 2.24) is 4.90 Å². The summed E-state index contributed by atoms with van der Waals surface area (Å²) in [6.45, 7) is 5.59. The van der Waals surface area contributed by atoms with Crippen LogP contribution in [0, 0.1) is 17.8 Å². The van der Waals surface area contributed by atoms with Crippen LogP contribution >= 0.6 is 0 Å². The van der Waals surface area contributed by atoms with Crippen LogP contribution < -0.4 is 0 Å². The van der Waals surface area contributed by atoms with Crippen LogP contribution in [0.5, 0.6) is 0 Å². The number of rotatable bonds is 3. The molecular formula is C18H21NO3. The van der Waals surface area contributed by atoms with Gasteiger partial charge in [0.25, 0.3) is 0 Å². The molecule has 1 fully saturated rings. The van der Waals surface area contributed by atoms with Crippen molar-refractivity contribution in [1.29, 1.82) is 0 Å². The highest BCUT2D eigenvalue weighted by Gasteiger charge is 2.44. The highest BCUT2D eigenvalue weighted by molar-refractivity contribution is 5.95. The van der Waals surface area contributed by atoms with Gasteiger partial charge in [0.15, 0.2) is 0 Å². The Morgan fingerprint density at radius 1 is 1.32 bits per heavy atom. The van der Waals surface area contributed by atoms with E-state index in [2.05, 4.69) is 11.8 Å². The van der Waals surface area contributed by atoms with Crippen LogP contribution in [0.15, 0.2) is 30.3 Å². The maximum absolute atomic E-state index is 12.5. The smallest absolute Gasteiger partial charge is 0.417 e. The molecule has 0 N–H and O–H groups in total. The molecule has 0 radical (unpaired) electrons. The number of hydrogen-bond acceptors (Lipinski definition) is 3. The molecule has 22 heavy (non-hydrogen) atoms.